The van der Waals surface area contributed by atoms with Crippen molar-refractivity contribution in [2.24, 2.45) is 0 Å². The summed E-state index contributed by atoms with van der Waals surface area (Å²) in [6.45, 7) is 0. The van der Waals surface area contributed by atoms with Gasteiger partial charge in [0.05, 0.1) is 0 Å². The molecule has 0 atom stereocenters. The van der Waals surface area contributed by atoms with Gasteiger partial charge in [0, 0.05) is 0 Å². The Labute approximate surface area is 107 Å². The minimum absolute atomic E-state index is 0.711. The summed E-state index contributed by atoms with van der Waals surface area (Å²) in [5, 5.41) is -6.36. The quantitative estimate of drug-likeness (QED) is 0.726. The van der Waals surface area contributed by atoms with Crippen molar-refractivity contribution in [2.45, 2.75) is 28.5 Å². The van der Waals surface area contributed by atoms with E-state index in [1.807, 2.05) is 0 Å². The van der Waals surface area contributed by atoms with E-state index in [0.717, 1.165) is 0 Å². The van der Waals surface area contributed by atoms with E-state index in [-0.39, 0.29) is 0 Å². The number of nitriles is 1. The van der Waals surface area contributed by atoms with Crippen LogP contribution in [0.4, 0.5) is 48.3 Å². The molecule has 0 aliphatic heterocycles. The van der Waals surface area contributed by atoms with Gasteiger partial charge in [0.15, 0.2) is 6.07 Å². The summed E-state index contributed by atoms with van der Waals surface area (Å²) in [4.78, 5) is 0. The molecule has 0 bridgehead atoms. The van der Waals surface area contributed by atoms with Crippen LogP contribution in [0.15, 0.2) is 0 Å². The lowest BCUT2D eigenvalue weighted by Crippen LogP contribution is -2.65. The summed E-state index contributed by atoms with van der Waals surface area (Å²) in [6.07, 6.45) is -7.38. The molecular weight excluding hydrogens is 359 g/mol. The van der Waals surface area contributed by atoms with E-state index in [1.165, 1.54) is 0 Å². The third-order valence-corrected chi connectivity index (χ3v) is 3.62. The zero-order chi connectivity index (χ0) is 17.7. The molecule has 0 heterocycles. The number of rotatable bonds is 4. The summed E-state index contributed by atoms with van der Waals surface area (Å²) >= 11 is 0. The van der Waals surface area contributed by atoms with Gasteiger partial charge in [0.2, 0.25) is 0 Å². The molecule has 0 N–H and O–H groups in total. The molecule has 0 aromatic rings. The lowest BCUT2D eigenvalue weighted by atomic mass is 10.1. The molecule has 0 rings (SSSR count). The Morgan fingerprint density at radius 3 is 1.29 bits per heavy atom. The van der Waals surface area contributed by atoms with Crippen molar-refractivity contribution >= 4 is 9.84 Å². The highest BCUT2D eigenvalue weighted by Gasteiger charge is 2.87. The van der Waals surface area contributed by atoms with Crippen molar-refractivity contribution in [3.05, 3.63) is 0 Å². The van der Waals surface area contributed by atoms with Crippen LogP contribution in [0.3, 0.4) is 0 Å². The molecule has 0 radical (unpaired) electrons. The number of hydrogen-bond donors (Lipinski definition) is 0. The SMILES string of the molecule is N#CC(F)(F)S(=O)(=O)C(F)(F)C(F)(F)C(F)(F)C(F)(F)F. The fourth-order valence-electron chi connectivity index (χ4n) is 0.751. The molecule has 0 saturated heterocycles. The topological polar surface area (TPSA) is 57.9 Å². The maximum atomic E-state index is 12.7. The summed E-state index contributed by atoms with van der Waals surface area (Å²) in [5.74, 6) is -15.5. The predicted octanol–water partition coefficient (Wildman–Crippen LogP) is 2.94. The molecule has 0 amide bonds. The van der Waals surface area contributed by atoms with Crippen LogP contribution in [0.1, 0.15) is 0 Å². The highest BCUT2D eigenvalue weighted by molar-refractivity contribution is 7.93. The third-order valence-electron chi connectivity index (χ3n) is 1.92. The second-order valence-corrected chi connectivity index (χ2v) is 5.33. The third kappa shape index (κ3) is 2.38. The summed E-state index contributed by atoms with van der Waals surface area (Å²) in [5.41, 5.74) is 0. The lowest BCUT2D eigenvalue weighted by Gasteiger charge is -2.33. The average Bonchev–Trinajstić information content (AvgIpc) is 2.26. The van der Waals surface area contributed by atoms with Crippen LogP contribution in [0, 0.1) is 11.3 Å². The van der Waals surface area contributed by atoms with Gasteiger partial charge in [-0.1, -0.05) is 0 Å². The van der Waals surface area contributed by atoms with Gasteiger partial charge in [-0.05, 0) is 0 Å². The standard InChI is InChI=1S/C6F11NO2S/c7-2(8,1-18)21(19,20)6(16,17)4(11,12)3(9,10)5(13,14)15. The van der Waals surface area contributed by atoms with E-state index in [1.54, 1.807) is 0 Å². The second-order valence-electron chi connectivity index (χ2n) is 3.30. The molecular formula is C6F11NO2S. The Morgan fingerprint density at radius 2 is 1.05 bits per heavy atom. The van der Waals surface area contributed by atoms with Gasteiger partial charge in [0.25, 0.3) is 0 Å². The van der Waals surface area contributed by atoms with Crippen LogP contribution in [-0.2, 0) is 9.84 Å². The van der Waals surface area contributed by atoms with Crippen molar-refractivity contribution in [1.82, 2.24) is 0 Å². The van der Waals surface area contributed by atoms with Crippen molar-refractivity contribution in [1.29, 1.82) is 5.26 Å². The molecule has 15 heteroatoms. The van der Waals surface area contributed by atoms with Gasteiger partial charge in [-0.15, -0.1) is 0 Å². The van der Waals surface area contributed by atoms with Gasteiger partial charge in [-0.2, -0.15) is 53.6 Å². The number of alkyl halides is 11. The van der Waals surface area contributed by atoms with E-state index in [2.05, 4.69) is 0 Å². The fourth-order valence-corrected chi connectivity index (χ4v) is 1.66. The number of nitrogens with zero attached hydrogens (tertiary/aromatic N) is 1. The molecule has 3 nitrogen and oxygen atoms in total. The van der Waals surface area contributed by atoms with Gasteiger partial charge >= 0.3 is 38.4 Å². The van der Waals surface area contributed by atoms with Crippen molar-refractivity contribution < 1.29 is 56.7 Å². The predicted molar refractivity (Wildman–Crippen MR) is 40.4 cm³/mol. The highest BCUT2D eigenvalue weighted by atomic mass is 32.2. The monoisotopic (exact) mass is 359 g/mol. The molecule has 0 fully saturated rings. The molecule has 21 heavy (non-hydrogen) atoms. The van der Waals surface area contributed by atoms with Crippen LogP contribution < -0.4 is 0 Å². The summed E-state index contributed by atoms with van der Waals surface area (Å²) in [6, 6.07) is -0.711. The van der Waals surface area contributed by atoms with Gasteiger partial charge in [0.1, 0.15) is 0 Å². The minimum atomic E-state index is -8.05. The number of halogens is 11. The molecule has 0 aromatic carbocycles. The first-order valence-corrected chi connectivity index (χ1v) is 5.53. The molecule has 0 aliphatic carbocycles. The highest BCUT2D eigenvalue weighted by Crippen LogP contribution is 2.56. The Balaban J connectivity index is 6.37. The molecule has 0 spiro atoms. The number of sulfone groups is 1. The molecule has 0 saturated carbocycles. The largest absolute Gasteiger partial charge is 0.460 e. The Hall–Kier alpha value is -1.33. The summed E-state index contributed by atoms with van der Waals surface area (Å²) in [7, 11) is -8.05. The molecule has 124 valence electrons. The number of hydrogen-bond acceptors (Lipinski definition) is 3. The van der Waals surface area contributed by atoms with E-state index >= 15 is 0 Å². The summed E-state index contributed by atoms with van der Waals surface area (Å²) < 4.78 is 156. The first kappa shape index (κ1) is 19.7. The van der Waals surface area contributed by atoms with Gasteiger partial charge < -0.3 is 0 Å². The minimum Gasteiger partial charge on any atom is -0.215 e. The maximum absolute atomic E-state index is 12.7. The van der Waals surface area contributed by atoms with Crippen LogP contribution in [0.2, 0.25) is 0 Å². The van der Waals surface area contributed by atoms with Crippen molar-refractivity contribution in [3.8, 4) is 6.07 Å². The Kier molecular flexibility index (Phi) is 4.29. The zero-order valence-corrected chi connectivity index (χ0v) is 9.65. The van der Waals surface area contributed by atoms with Crippen molar-refractivity contribution in [3.63, 3.8) is 0 Å². The van der Waals surface area contributed by atoms with Crippen LogP contribution in [0.25, 0.3) is 0 Å². The van der Waals surface area contributed by atoms with Gasteiger partial charge in [-0.3, -0.25) is 0 Å². The lowest BCUT2D eigenvalue weighted by molar-refractivity contribution is -0.382. The molecule has 0 aromatic heterocycles. The zero-order valence-electron chi connectivity index (χ0n) is 8.83. The average molecular weight is 359 g/mol. The van der Waals surface area contributed by atoms with E-state index in [9.17, 15) is 56.7 Å². The molecule has 0 unspecified atom stereocenters. The van der Waals surface area contributed by atoms with Gasteiger partial charge in [-0.25, -0.2) is 8.42 Å². The van der Waals surface area contributed by atoms with E-state index in [0.29, 0.717) is 0 Å². The van der Waals surface area contributed by atoms with Crippen molar-refractivity contribution in [2.75, 3.05) is 0 Å². The van der Waals surface area contributed by atoms with Crippen LogP contribution >= 0.6 is 0 Å². The maximum Gasteiger partial charge on any atom is 0.460 e. The normalized spacial score (nSPS) is 15.7. The molecule has 0 aliphatic rings. The first-order valence-electron chi connectivity index (χ1n) is 4.04. The van der Waals surface area contributed by atoms with E-state index in [4.69, 9.17) is 5.26 Å². The Morgan fingerprint density at radius 1 is 0.714 bits per heavy atom. The second kappa shape index (κ2) is 4.58. The van der Waals surface area contributed by atoms with Crippen LogP contribution in [0.5, 0.6) is 0 Å². The van der Waals surface area contributed by atoms with E-state index < -0.39 is 44.4 Å². The first-order chi connectivity index (χ1) is 8.81. The smallest absolute Gasteiger partial charge is 0.215 e. The Bertz CT molecular complexity index is 554. The van der Waals surface area contributed by atoms with Crippen LogP contribution in [-0.4, -0.2) is 36.9 Å². The fraction of sp³-hybridized carbons (Fsp3) is 0.833.